The number of methoxy groups -OCH3 is 1. The maximum atomic E-state index is 9.55. The average molecular weight is 204 g/mol. The van der Waals surface area contributed by atoms with Crippen molar-refractivity contribution in [3.8, 4) is 0 Å². The summed E-state index contributed by atoms with van der Waals surface area (Å²) in [6, 6.07) is 0. The quantitative estimate of drug-likeness (QED) is 0.614. The third-order valence-corrected chi connectivity index (χ3v) is 2.29. The maximum Gasteiger partial charge on any atom is 0.0774 e. The molecule has 3 heteroatoms. The van der Waals surface area contributed by atoms with E-state index in [0.717, 1.165) is 25.9 Å². The second kappa shape index (κ2) is 7.21. The number of rotatable bonds is 8. The number of aliphatic hydroxyl groups is 1. The Hall–Kier alpha value is -0.120. The number of hydrogen-bond acceptors (Lipinski definition) is 3. The molecular weight excluding hydrogens is 180 g/mol. The second-order valence-corrected chi connectivity index (χ2v) is 4.23. The van der Waals surface area contributed by atoms with Crippen molar-refractivity contribution in [1.29, 1.82) is 0 Å². The van der Waals surface area contributed by atoms with Gasteiger partial charge < -0.3 is 14.6 Å². The van der Waals surface area contributed by atoms with Gasteiger partial charge >= 0.3 is 0 Å². The predicted molar refractivity (Wildman–Crippen MR) is 57.4 cm³/mol. The summed E-state index contributed by atoms with van der Waals surface area (Å²) in [7, 11) is 1.69. The van der Waals surface area contributed by atoms with E-state index in [0.29, 0.717) is 6.61 Å². The van der Waals surface area contributed by atoms with Crippen LogP contribution in [0, 0.1) is 0 Å². The van der Waals surface area contributed by atoms with Gasteiger partial charge in [-0.15, -0.1) is 0 Å². The van der Waals surface area contributed by atoms with Crippen molar-refractivity contribution in [2.75, 3.05) is 20.3 Å². The highest BCUT2D eigenvalue weighted by Gasteiger charge is 2.18. The zero-order valence-electron chi connectivity index (χ0n) is 9.88. The third-order valence-electron chi connectivity index (χ3n) is 2.29. The van der Waals surface area contributed by atoms with Gasteiger partial charge in [-0.05, 0) is 33.1 Å². The van der Waals surface area contributed by atoms with Gasteiger partial charge in [0.25, 0.3) is 0 Å². The van der Waals surface area contributed by atoms with E-state index in [9.17, 15) is 5.11 Å². The molecule has 86 valence electrons. The van der Waals surface area contributed by atoms with Gasteiger partial charge in [0.15, 0.2) is 0 Å². The Morgan fingerprint density at radius 2 is 2.00 bits per heavy atom. The zero-order chi connectivity index (χ0) is 11.0. The van der Waals surface area contributed by atoms with Gasteiger partial charge in [-0.3, -0.25) is 0 Å². The summed E-state index contributed by atoms with van der Waals surface area (Å²) >= 11 is 0. The summed E-state index contributed by atoms with van der Waals surface area (Å²) in [5, 5.41) is 9.55. The third kappa shape index (κ3) is 7.30. The van der Waals surface area contributed by atoms with E-state index in [4.69, 9.17) is 9.47 Å². The molecule has 0 heterocycles. The molecule has 0 aromatic carbocycles. The lowest BCUT2D eigenvalue weighted by Crippen LogP contribution is -2.26. The van der Waals surface area contributed by atoms with Gasteiger partial charge in [0.2, 0.25) is 0 Å². The maximum absolute atomic E-state index is 9.55. The van der Waals surface area contributed by atoms with E-state index in [2.05, 4.69) is 6.92 Å². The Balaban J connectivity index is 3.48. The van der Waals surface area contributed by atoms with E-state index in [-0.39, 0.29) is 11.7 Å². The second-order valence-electron chi connectivity index (χ2n) is 4.23. The molecule has 0 saturated carbocycles. The topological polar surface area (TPSA) is 38.7 Å². The Labute approximate surface area is 87.4 Å². The van der Waals surface area contributed by atoms with E-state index >= 15 is 0 Å². The molecule has 0 rings (SSSR count). The molecule has 3 nitrogen and oxygen atoms in total. The van der Waals surface area contributed by atoms with Crippen LogP contribution in [0.1, 0.15) is 40.0 Å². The van der Waals surface area contributed by atoms with Crippen molar-refractivity contribution >= 4 is 0 Å². The molecule has 0 aliphatic carbocycles. The van der Waals surface area contributed by atoms with Gasteiger partial charge in [0, 0.05) is 13.7 Å². The largest absolute Gasteiger partial charge is 0.391 e. The van der Waals surface area contributed by atoms with Crippen LogP contribution in [0.25, 0.3) is 0 Å². The van der Waals surface area contributed by atoms with Crippen molar-refractivity contribution in [1.82, 2.24) is 0 Å². The SMILES string of the molecule is CCCOCC(O)CCC(C)(C)OC. The molecular formula is C11H24O3. The van der Waals surface area contributed by atoms with Crippen molar-refractivity contribution in [2.45, 2.75) is 51.7 Å². The van der Waals surface area contributed by atoms with Gasteiger partial charge in [-0.1, -0.05) is 6.92 Å². The standard InChI is InChI=1S/C11H24O3/c1-5-8-14-9-10(12)6-7-11(2,3)13-4/h10,12H,5-9H2,1-4H3. The summed E-state index contributed by atoms with van der Waals surface area (Å²) in [4.78, 5) is 0. The lowest BCUT2D eigenvalue weighted by Gasteiger charge is -2.24. The fraction of sp³-hybridized carbons (Fsp3) is 1.00. The first-order valence-electron chi connectivity index (χ1n) is 5.33. The highest BCUT2D eigenvalue weighted by molar-refractivity contribution is 4.70. The van der Waals surface area contributed by atoms with E-state index in [1.54, 1.807) is 7.11 Å². The molecule has 1 N–H and O–H groups in total. The van der Waals surface area contributed by atoms with E-state index in [1.807, 2.05) is 13.8 Å². The van der Waals surface area contributed by atoms with Crippen LogP contribution in [0.4, 0.5) is 0 Å². The predicted octanol–water partition coefficient (Wildman–Crippen LogP) is 1.98. The molecule has 0 spiro atoms. The molecule has 0 amide bonds. The highest BCUT2D eigenvalue weighted by atomic mass is 16.5. The number of hydrogen-bond donors (Lipinski definition) is 1. The summed E-state index contributed by atoms with van der Waals surface area (Å²) in [5.74, 6) is 0. The van der Waals surface area contributed by atoms with Gasteiger partial charge in [0.05, 0.1) is 18.3 Å². The minimum atomic E-state index is -0.365. The van der Waals surface area contributed by atoms with E-state index in [1.165, 1.54) is 0 Å². The normalized spacial score (nSPS) is 14.4. The molecule has 0 aliphatic rings. The fourth-order valence-electron chi connectivity index (χ4n) is 1.06. The summed E-state index contributed by atoms with van der Waals surface area (Å²) in [5.41, 5.74) is -0.147. The summed E-state index contributed by atoms with van der Waals surface area (Å²) < 4.78 is 10.5. The first kappa shape index (κ1) is 13.9. The monoisotopic (exact) mass is 204 g/mol. The smallest absolute Gasteiger partial charge is 0.0774 e. The van der Waals surface area contributed by atoms with Crippen LogP contribution < -0.4 is 0 Å². The molecule has 0 radical (unpaired) electrons. The molecule has 1 unspecified atom stereocenters. The molecule has 14 heavy (non-hydrogen) atoms. The molecule has 0 aromatic rings. The van der Waals surface area contributed by atoms with Gasteiger partial charge in [-0.2, -0.15) is 0 Å². The fourth-order valence-corrected chi connectivity index (χ4v) is 1.06. The van der Waals surface area contributed by atoms with Crippen LogP contribution in [0.5, 0.6) is 0 Å². The molecule has 0 fully saturated rings. The Bertz CT molecular complexity index is 134. The van der Waals surface area contributed by atoms with E-state index < -0.39 is 0 Å². The summed E-state index contributed by atoms with van der Waals surface area (Å²) in [6.07, 6.45) is 2.21. The molecule has 1 atom stereocenters. The van der Waals surface area contributed by atoms with Crippen molar-refractivity contribution < 1.29 is 14.6 Å². The van der Waals surface area contributed by atoms with Crippen molar-refractivity contribution in [2.24, 2.45) is 0 Å². The molecule has 0 aliphatic heterocycles. The summed E-state index contributed by atoms with van der Waals surface area (Å²) in [6.45, 7) is 7.26. The van der Waals surface area contributed by atoms with Crippen LogP contribution >= 0.6 is 0 Å². The van der Waals surface area contributed by atoms with Crippen LogP contribution in [-0.2, 0) is 9.47 Å². The average Bonchev–Trinajstić information content (AvgIpc) is 2.16. The Kier molecular flexibility index (Phi) is 7.15. The zero-order valence-corrected chi connectivity index (χ0v) is 9.88. The van der Waals surface area contributed by atoms with Gasteiger partial charge in [0.1, 0.15) is 0 Å². The van der Waals surface area contributed by atoms with Gasteiger partial charge in [-0.25, -0.2) is 0 Å². The van der Waals surface area contributed by atoms with Crippen molar-refractivity contribution in [3.05, 3.63) is 0 Å². The van der Waals surface area contributed by atoms with Crippen LogP contribution in [-0.4, -0.2) is 37.1 Å². The van der Waals surface area contributed by atoms with Crippen LogP contribution in [0.3, 0.4) is 0 Å². The Morgan fingerprint density at radius 1 is 1.36 bits per heavy atom. The minimum absolute atomic E-state index is 0.147. The van der Waals surface area contributed by atoms with Crippen LogP contribution in [0.15, 0.2) is 0 Å². The Morgan fingerprint density at radius 3 is 2.50 bits per heavy atom. The number of aliphatic hydroxyl groups excluding tert-OH is 1. The lowest BCUT2D eigenvalue weighted by atomic mass is 10.0. The number of ether oxygens (including phenoxy) is 2. The van der Waals surface area contributed by atoms with Crippen molar-refractivity contribution in [3.63, 3.8) is 0 Å². The first-order chi connectivity index (χ1) is 6.52. The first-order valence-corrected chi connectivity index (χ1v) is 5.33. The minimum Gasteiger partial charge on any atom is -0.391 e. The van der Waals surface area contributed by atoms with Crippen LogP contribution in [0.2, 0.25) is 0 Å². The lowest BCUT2D eigenvalue weighted by molar-refractivity contribution is -0.0131. The highest BCUT2D eigenvalue weighted by Crippen LogP contribution is 2.16. The molecule has 0 saturated heterocycles. The molecule has 0 bridgehead atoms. The molecule has 0 aromatic heterocycles.